The van der Waals surface area contributed by atoms with Gasteiger partial charge in [-0.2, -0.15) is 0 Å². The highest BCUT2D eigenvalue weighted by Gasteiger charge is 2.33. The van der Waals surface area contributed by atoms with E-state index in [0.29, 0.717) is 18.7 Å². The van der Waals surface area contributed by atoms with E-state index in [-0.39, 0.29) is 17.3 Å². The number of nitrogens with one attached hydrogen (secondary N) is 1. The molecule has 0 saturated heterocycles. The molecule has 2 amide bonds. The zero-order valence-electron chi connectivity index (χ0n) is 20.9. The van der Waals surface area contributed by atoms with Crippen molar-refractivity contribution in [3.63, 3.8) is 0 Å². The minimum Gasteiger partial charge on any atom is -0.355 e. The second kappa shape index (κ2) is 12.4. The third-order valence-electron chi connectivity index (χ3n) is 5.83. The molecule has 3 rings (SSSR count). The summed E-state index contributed by atoms with van der Waals surface area (Å²) in [6.07, 6.45) is 0.389. The predicted octanol–water partition coefficient (Wildman–Crippen LogP) is 4.13. The van der Waals surface area contributed by atoms with Gasteiger partial charge < -0.3 is 10.2 Å². The third kappa shape index (κ3) is 6.51. The summed E-state index contributed by atoms with van der Waals surface area (Å²) in [6.45, 7) is 5.69. The molecular weight excluding hydrogens is 474 g/mol. The third-order valence-corrected chi connectivity index (χ3v) is 7.62. The SMILES string of the molecule is CCNC(=O)[C@@H](CC)N(Cc1ccccc1)C(=O)CN(c1cccc(C)c1)S(=O)(=O)c1ccccc1. The molecule has 0 fully saturated rings. The van der Waals surface area contributed by atoms with Crippen LogP contribution in [0.3, 0.4) is 0 Å². The first kappa shape index (κ1) is 26.9. The van der Waals surface area contributed by atoms with Gasteiger partial charge in [-0.1, -0.05) is 67.6 Å². The van der Waals surface area contributed by atoms with Crippen LogP contribution in [0.2, 0.25) is 0 Å². The average molecular weight is 508 g/mol. The highest BCUT2D eigenvalue weighted by molar-refractivity contribution is 7.92. The Bertz CT molecular complexity index is 1260. The van der Waals surface area contributed by atoms with Crippen LogP contribution in [-0.2, 0) is 26.2 Å². The maximum Gasteiger partial charge on any atom is 0.264 e. The molecule has 3 aromatic carbocycles. The number of rotatable bonds is 11. The van der Waals surface area contributed by atoms with Crippen molar-refractivity contribution in [1.29, 1.82) is 0 Å². The van der Waals surface area contributed by atoms with Crippen LogP contribution in [0.1, 0.15) is 31.4 Å². The second-order valence-corrected chi connectivity index (χ2v) is 10.4. The number of carbonyl (C=O) groups is 2. The second-order valence-electron chi connectivity index (χ2n) is 8.49. The van der Waals surface area contributed by atoms with Gasteiger partial charge in [0.15, 0.2) is 0 Å². The molecule has 0 aliphatic carbocycles. The number of anilines is 1. The standard InChI is InChI=1S/C28H33N3O4S/c1-4-26(28(33)29-5-2)30(20-23-14-8-6-9-15-23)27(32)21-31(24-16-12-13-22(3)19-24)36(34,35)25-17-10-7-11-18-25/h6-19,26H,4-5,20-21H2,1-3H3,(H,29,33)/t26-/m1/s1. The average Bonchev–Trinajstić information content (AvgIpc) is 2.88. The lowest BCUT2D eigenvalue weighted by Gasteiger charge is -2.33. The smallest absolute Gasteiger partial charge is 0.264 e. The Labute approximate surface area is 213 Å². The summed E-state index contributed by atoms with van der Waals surface area (Å²) in [5.41, 5.74) is 2.10. The van der Waals surface area contributed by atoms with E-state index in [4.69, 9.17) is 0 Å². The van der Waals surface area contributed by atoms with Gasteiger partial charge in [0.1, 0.15) is 12.6 Å². The summed E-state index contributed by atoms with van der Waals surface area (Å²) in [7, 11) is -4.05. The first-order chi connectivity index (χ1) is 17.3. The van der Waals surface area contributed by atoms with Gasteiger partial charge in [-0.05, 0) is 55.7 Å². The molecule has 3 aromatic rings. The highest BCUT2D eigenvalue weighted by atomic mass is 32.2. The van der Waals surface area contributed by atoms with E-state index in [1.165, 1.54) is 17.0 Å². The fraction of sp³-hybridized carbons (Fsp3) is 0.286. The number of aryl methyl sites for hydroxylation is 1. The van der Waals surface area contributed by atoms with Crippen LogP contribution in [0.5, 0.6) is 0 Å². The Kier molecular flexibility index (Phi) is 9.25. The Morgan fingerprint density at radius 2 is 1.53 bits per heavy atom. The monoisotopic (exact) mass is 507 g/mol. The maximum absolute atomic E-state index is 13.8. The first-order valence-electron chi connectivity index (χ1n) is 12.0. The fourth-order valence-corrected chi connectivity index (χ4v) is 5.45. The van der Waals surface area contributed by atoms with Crippen molar-refractivity contribution in [2.75, 3.05) is 17.4 Å². The quantitative estimate of drug-likeness (QED) is 0.423. The molecule has 0 aliphatic rings. The molecule has 0 aliphatic heterocycles. The van der Waals surface area contributed by atoms with Crippen molar-refractivity contribution in [3.8, 4) is 0 Å². The van der Waals surface area contributed by atoms with E-state index in [2.05, 4.69) is 5.32 Å². The molecule has 1 atom stereocenters. The van der Waals surface area contributed by atoms with Gasteiger partial charge in [-0.3, -0.25) is 13.9 Å². The number of nitrogens with zero attached hydrogens (tertiary/aromatic N) is 2. The van der Waals surface area contributed by atoms with Crippen molar-refractivity contribution in [2.45, 2.75) is 44.7 Å². The predicted molar refractivity (Wildman–Crippen MR) is 142 cm³/mol. The van der Waals surface area contributed by atoms with Crippen molar-refractivity contribution >= 4 is 27.5 Å². The van der Waals surface area contributed by atoms with Gasteiger partial charge in [-0.25, -0.2) is 8.42 Å². The summed E-state index contributed by atoms with van der Waals surface area (Å²) < 4.78 is 28.5. The van der Waals surface area contributed by atoms with Gasteiger partial charge in [0, 0.05) is 13.1 Å². The molecule has 0 bridgehead atoms. The minimum absolute atomic E-state index is 0.0877. The van der Waals surface area contributed by atoms with Crippen molar-refractivity contribution in [2.24, 2.45) is 0 Å². The maximum atomic E-state index is 13.8. The van der Waals surface area contributed by atoms with E-state index >= 15 is 0 Å². The number of likely N-dealkylation sites (N-methyl/N-ethyl adjacent to an activating group) is 1. The molecule has 8 heteroatoms. The topological polar surface area (TPSA) is 86.8 Å². The van der Waals surface area contributed by atoms with Crippen molar-refractivity contribution in [1.82, 2.24) is 10.2 Å². The Hall–Kier alpha value is -3.65. The van der Waals surface area contributed by atoms with Crippen LogP contribution >= 0.6 is 0 Å². The minimum atomic E-state index is -4.05. The molecule has 0 heterocycles. The largest absolute Gasteiger partial charge is 0.355 e. The van der Waals surface area contributed by atoms with Crippen LogP contribution in [0.4, 0.5) is 5.69 Å². The summed E-state index contributed by atoms with van der Waals surface area (Å²) in [4.78, 5) is 28.3. The summed E-state index contributed by atoms with van der Waals surface area (Å²) in [5.74, 6) is -0.727. The molecule has 36 heavy (non-hydrogen) atoms. The molecule has 0 radical (unpaired) electrons. The molecule has 0 saturated carbocycles. The molecule has 7 nitrogen and oxygen atoms in total. The number of benzene rings is 3. The summed E-state index contributed by atoms with van der Waals surface area (Å²) in [5, 5.41) is 2.80. The fourth-order valence-electron chi connectivity index (χ4n) is 4.02. The molecule has 0 spiro atoms. The lowest BCUT2D eigenvalue weighted by atomic mass is 10.1. The van der Waals surface area contributed by atoms with Gasteiger partial charge in [0.05, 0.1) is 10.6 Å². The zero-order valence-corrected chi connectivity index (χ0v) is 21.7. The van der Waals surface area contributed by atoms with Crippen molar-refractivity contribution in [3.05, 3.63) is 96.1 Å². The van der Waals surface area contributed by atoms with E-state index in [1.807, 2.05) is 57.2 Å². The molecule has 190 valence electrons. The summed E-state index contributed by atoms with van der Waals surface area (Å²) in [6, 6.07) is 23.7. The lowest BCUT2D eigenvalue weighted by molar-refractivity contribution is -0.140. The molecule has 0 unspecified atom stereocenters. The summed E-state index contributed by atoms with van der Waals surface area (Å²) >= 11 is 0. The van der Waals surface area contributed by atoms with Gasteiger partial charge in [0.25, 0.3) is 10.0 Å². The number of hydrogen-bond acceptors (Lipinski definition) is 4. The first-order valence-corrected chi connectivity index (χ1v) is 13.5. The van der Waals surface area contributed by atoms with Crippen LogP contribution in [0.15, 0.2) is 89.8 Å². The van der Waals surface area contributed by atoms with E-state index < -0.39 is 28.5 Å². The zero-order chi connectivity index (χ0) is 26.1. The van der Waals surface area contributed by atoms with Gasteiger partial charge in [0.2, 0.25) is 11.8 Å². The Morgan fingerprint density at radius 1 is 0.889 bits per heavy atom. The molecular formula is C28H33N3O4S. The van der Waals surface area contributed by atoms with Gasteiger partial charge >= 0.3 is 0 Å². The number of hydrogen-bond donors (Lipinski definition) is 1. The highest BCUT2D eigenvalue weighted by Crippen LogP contribution is 2.25. The Morgan fingerprint density at radius 3 is 2.11 bits per heavy atom. The number of sulfonamides is 1. The van der Waals surface area contributed by atoms with Crippen LogP contribution in [0, 0.1) is 6.92 Å². The Balaban J connectivity index is 2.04. The number of amides is 2. The van der Waals surface area contributed by atoms with Crippen LogP contribution in [-0.4, -0.2) is 44.3 Å². The van der Waals surface area contributed by atoms with E-state index in [0.717, 1.165) is 15.4 Å². The van der Waals surface area contributed by atoms with Crippen LogP contribution < -0.4 is 9.62 Å². The van der Waals surface area contributed by atoms with E-state index in [9.17, 15) is 18.0 Å². The van der Waals surface area contributed by atoms with E-state index in [1.54, 1.807) is 36.4 Å². The van der Waals surface area contributed by atoms with Crippen molar-refractivity contribution < 1.29 is 18.0 Å². The van der Waals surface area contributed by atoms with Crippen LogP contribution in [0.25, 0.3) is 0 Å². The molecule has 0 aromatic heterocycles. The van der Waals surface area contributed by atoms with Gasteiger partial charge in [-0.15, -0.1) is 0 Å². The number of carbonyl (C=O) groups excluding carboxylic acids is 2. The lowest BCUT2D eigenvalue weighted by Crippen LogP contribution is -2.52. The normalized spacial score (nSPS) is 12.0. The molecule has 1 N–H and O–H groups in total.